The van der Waals surface area contributed by atoms with E-state index >= 15 is 0 Å². The molecule has 8 atom stereocenters. The number of hydrogen-bond acceptors (Lipinski definition) is 4. The summed E-state index contributed by atoms with van der Waals surface area (Å²) in [6.07, 6.45) is 8.35. The Morgan fingerprint density at radius 3 is 2.23 bits per heavy atom. The molecular weight excluding hydrogens is 436 g/mol. The highest BCUT2D eigenvalue weighted by Crippen LogP contribution is 2.76. The number of allylic oxidation sites excluding steroid dienone is 1. The highest BCUT2D eigenvalue weighted by molar-refractivity contribution is 6.05. The molecule has 196 valence electrons. The third-order valence-electron chi connectivity index (χ3n) is 13.0. The zero-order chi connectivity index (χ0) is 25.8. The monoisotopic (exact) mass is 484 g/mol. The molecule has 0 aromatic rings. The zero-order valence-electron chi connectivity index (χ0n) is 23.4. The van der Waals surface area contributed by atoms with Crippen LogP contribution in [0.3, 0.4) is 0 Å². The van der Waals surface area contributed by atoms with Gasteiger partial charge < -0.3 is 9.84 Å². The van der Waals surface area contributed by atoms with Crippen LogP contribution < -0.4 is 0 Å². The fraction of sp³-hybridized carbons (Fsp3) is 0.871. The maximum absolute atomic E-state index is 13.4. The number of aliphatic hydroxyl groups excluding tert-OH is 1. The van der Waals surface area contributed by atoms with Gasteiger partial charge in [0.05, 0.1) is 18.6 Å². The second-order valence-electron chi connectivity index (χ2n) is 14.6. The van der Waals surface area contributed by atoms with Crippen molar-refractivity contribution in [2.75, 3.05) is 7.11 Å². The summed E-state index contributed by atoms with van der Waals surface area (Å²) in [6.45, 7) is 16.4. The molecule has 4 unspecified atom stereocenters. The summed E-state index contributed by atoms with van der Waals surface area (Å²) >= 11 is 0. The number of aliphatic hydroxyl groups is 1. The maximum Gasteiger partial charge on any atom is 0.316 e. The average molecular weight is 485 g/mol. The van der Waals surface area contributed by atoms with E-state index in [1.807, 2.05) is 0 Å². The van der Waals surface area contributed by atoms with Gasteiger partial charge in [-0.3, -0.25) is 9.59 Å². The van der Waals surface area contributed by atoms with Crippen molar-refractivity contribution in [3.05, 3.63) is 11.1 Å². The second kappa shape index (κ2) is 7.68. The Bertz CT molecular complexity index is 976. The number of ether oxygens (including phenoxy) is 1. The predicted molar refractivity (Wildman–Crippen MR) is 137 cm³/mol. The van der Waals surface area contributed by atoms with Gasteiger partial charge in [-0.25, -0.2) is 0 Å². The van der Waals surface area contributed by atoms with Gasteiger partial charge >= 0.3 is 5.97 Å². The first kappa shape index (κ1) is 25.5. The van der Waals surface area contributed by atoms with Crippen molar-refractivity contribution >= 4 is 11.8 Å². The minimum absolute atomic E-state index is 0.0517. The minimum atomic E-state index is -0.739. The molecule has 4 nitrogen and oxygen atoms in total. The number of rotatable bonds is 2. The van der Waals surface area contributed by atoms with Crippen LogP contribution in [0.5, 0.6) is 0 Å². The van der Waals surface area contributed by atoms with Crippen molar-refractivity contribution < 1.29 is 19.4 Å². The van der Waals surface area contributed by atoms with Gasteiger partial charge in [0.2, 0.25) is 0 Å². The summed E-state index contributed by atoms with van der Waals surface area (Å²) < 4.78 is 5.39. The lowest BCUT2D eigenvalue weighted by Gasteiger charge is -2.72. The van der Waals surface area contributed by atoms with Crippen molar-refractivity contribution in [3.63, 3.8) is 0 Å². The first-order valence-corrected chi connectivity index (χ1v) is 14.2. The van der Waals surface area contributed by atoms with Crippen LogP contribution in [-0.2, 0) is 14.3 Å². The van der Waals surface area contributed by atoms with Crippen LogP contribution >= 0.6 is 0 Å². The molecule has 0 aromatic carbocycles. The molecule has 0 aromatic heterocycles. The molecule has 0 amide bonds. The largest absolute Gasteiger partial charge is 0.468 e. The lowest BCUT2D eigenvalue weighted by atomic mass is 9.33. The van der Waals surface area contributed by atoms with E-state index in [0.717, 1.165) is 50.5 Å². The summed E-state index contributed by atoms with van der Waals surface area (Å²) in [4.78, 5) is 26.7. The fourth-order valence-electron chi connectivity index (χ4n) is 11.0. The normalized spacial score (nSPS) is 48.7. The van der Waals surface area contributed by atoms with E-state index in [1.165, 1.54) is 19.1 Å². The van der Waals surface area contributed by atoms with Gasteiger partial charge in [0.25, 0.3) is 0 Å². The number of hydrogen-bond donors (Lipinski definition) is 1. The molecule has 4 fully saturated rings. The molecule has 5 aliphatic rings. The molecule has 0 aliphatic heterocycles. The molecular formula is C31H48O4. The van der Waals surface area contributed by atoms with Crippen molar-refractivity contribution in [2.45, 2.75) is 112 Å². The molecule has 35 heavy (non-hydrogen) atoms. The van der Waals surface area contributed by atoms with E-state index in [2.05, 4.69) is 48.5 Å². The molecule has 0 heterocycles. The van der Waals surface area contributed by atoms with Crippen LogP contribution in [0.2, 0.25) is 0 Å². The topological polar surface area (TPSA) is 63.6 Å². The Kier molecular flexibility index (Phi) is 5.59. The number of fused-ring (bicyclic) bond motifs is 7. The van der Waals surface area contributed by atoms with E-state index in [9.17, 15) is 14.7 Å². The smallest absolute Gasteiger partial charge is 0.316 e. The van der Waals surface area contributed by atoms with E-state index in [1.54, 1.807) is 0 Å². The molecule has 4 saturated carbocycles. The molecule has 0 spiro atoms. The van der Waals surface area contributed by atoms with Gasteiger partial charge in [-0.05, 0) is 108 Å². The second-order valence-corrected chi connectivity index (χ2v) is 14.6. The van der Waals surface area contributed by atoms with E-state index < -0.39 is 5.41 Å². The fourth-order valence-corrected chi connectivity index (χ4v) is 11.0. The third-order valence-corrected chi connectivity index (χ3v) is 13.0. The molecule has 0 saturated heterocycles. The van der Waals surface area contributed by atoms with E-state index in [-0.39, 0.29) is 51.4 Å². The zero-order valence-corrected chi connectivity index (χ0v) is 23.4. The molecule has 4 heteroatoms. The van der Waals surface area contributed by atoms with E-state index in [0.29, 0.717) is 18.3 Å². The summed E-state index contributed by atoms with van der Waals surface area (Å²) in [5, 5.41) is 10.9. The van der Waals surface area contributed by atoms with Gasteiger partial charge in [0.1, 0.15) is 0 Å². The minimum Gasteiger partial charge on any atom is -0.468 e. The van der Waals surface area contributed by atoms with Crippen LogP contribution in [0.1, 0.15) is 106 Å². The third kappa shape index (κ3) is 2.95. The van der Waals surface area contributed by atoms with Gasteiger partial charge in [-0.15, -0.1) is 0 Å². The van der Waals surface area contributed by atoms with Crippen LogP contribution in [-0.4, -0.2) is 30.1 Å². The molecule has 5 rings (SSSR count). The van der Waals surface area contributed by atoms with Crippen LogP contribution in [0, 0.1) is 50.7 Å². The Labute approximate surface area is 212 Å². The number of methoxy groups -OCH3 is 1. The van der Waals surface area contributed by atoms with Crippen LogP contribution in [0.25, 0.3) is 0 Å². The van der Waals surface area contributed by atoms with Crippen molar-refractivity contribution in [3.8, 4) is 0 Å². The highest BCUT2D eigenvalue weighted by atomic mass is 16.5. The van der Waals surface area contributed by atoms with Gasteiger partial charge in [0.15, 0.2) is 5.78 Å². The molecule has 5 aliphatic carbocycles. The molecule has 0 radical (unpaired) electrons. The summed E-state index contributed by atoms with van der Waals surface area (Å²) in [5.74, 6) is 1.52. The summed E-state index contributed by atoms with van der Waals surface area (Å²) in [5.41, 5.74) is 1.76. The average Bonchev–Trinajstić information content (AvgIpc) is 3.10. The van der Waals surface area contributed by atoms with Crippen molar-refractivity contribution in [1.82, 2.24) is 0 Å². The SMILES string of the molecule is COC(=O)[C@@]12CC[C@]3(C)C(CCC4[C@@]5(C)CCC(O)C(C)(C)C5CC[C@]43C)C1=C(C(C)C)C(=O)C2. The Morgan fingerprint density at radius 1 is 0.914 bits per heavy atom. The van der Waals surface area contributed by atoms with Crippen molar-refractivity contribution in [2.24, 2.45) is 50.7 Å². The Morgan fingerprint density at radius 2 is 1.60 bits per heavy atom. The van der Waals surface area contributed by atoms with Crippen molar-refractivity contribution in [1.29, 1.82) is 0 Å². The molecule has 0 bridgehead atoms. The van der Waals surface area contributed by atoms with Crippen LogP contribution in [0.15, 0.2) is 11.1 Å². The van der Waals surface area contributed by atoms with Crippen LogP contribution in [0.4, 0.5) is 0 Å². The van der Waals surface area contributed by atoms with E-state index in [4.69, 9.17) is 4.74 Å². The number of carbonyl (C=O) groups is 2. The lowest BCUT2D eigenvalue weighted by Crippen LogP contribution is -2.65. The van der Waals surface area contributed by atoms with Gasteiger partial charge in [0, 0.05) is 6.42 Å². The number of carbonyl (C=O) groups excluding carboxylic acids is 2. The Balaban J connectivity index is 1.62. The standard InChI is InChI=1S/C31H48O4/c1-18(2)24-20(32)17-31(26(34)35-8)16-15-29(6)19(25(24)31)9-10-22-28(5)13-12-23(33)27(3,4)21(28)11-14-30(22,29)7/h18-19,21-23,33H,9-17H2,1-8H3/t19?,21?,22?,23?,28-,29+,30+,31+/m0/s1. The first-order valence-electron chi connectivity index (χ1n) is 14.2. The first-order chi connectivity index (χ1) is 16.2. The van der Waals surface area contributed by atoms with Gasteiger partial charge in [-0.2, -0.15) is 0 Å². The quantitative estimate of drug-likeness (QED) is 0.454. The number of Topliss-reactive ketones (excluding diaryl/α,β-unsaturated/α-hetero) is 1. The van der Waals surface area contributed by atoms with Gasteiger partial charge in [-0.1, -0.05) is 48.5 Å². The number of ketones is 1. The summed E-state index contributed by atoms with van der Waals surface area (Å²) in [7, 11) is 1.49. The predicted octanol–water partition coefficient (Wildman–Crippen LogP) is 6.50. The lowest BCUT2D eigenvalue weighted by molar-refractivity contribution is -0.229. The molecule has 1 N–H and O–H groups in total. The Hall–Kier alpha value is -1.16. The number of esters is 1. The summed E-state index contributed by atoms with van der Waals surface area (Å²) in [6, 6.07) is 0. The highest BCUT2D eigenvalue weighted by Gasteiger charge is 2.71. The maximum atomic E-state index is 13.4.